The molecule has 0 bridgehead atoms. The molecular formula is C17H30N6O. The van der Waals surface area contributed by atoms with Crippen LogP contribution in [0.5, 0.6) is 0 Å². The Morgan fingerprint density at radius 2 is 2.25 bits per heavy atom. The van der Waals surface area contributed by atoms with Gasteiger partial charge in [0.2, 0.25) is 0 Å². The molecule has 1 aromatic heterocycles. The number of rotatable bonds is 4. The summed E-state index contributed by atoms with van der Waals surface area (Å²) in [5.74, 6) is 1.19. The molecule has 1 saturated heterocycles. The van der Waals surface area contributed by atoms with Gasteiger partial charge in [-0.2, -0.15) is 5.10 Å². The van der Waals surface area contributed by atoms with Gasteiger partial charge in [-0.05, 0) is 25.7 Å². The number of nitrogens with zero attached hydrogens (tertiary/aromatic N) is 4. The number of hydrogen-bond acceptors (Lipinski definition) is 4. The lowest BCUT2D eigenvalue weighted by Crippen LogP contribution is -2.52. The van der Waals surface area contributed by atoms with Gasteiger partial charge in [0.1, 0.15) is 0 Å². The van der Waals surface area contributed by atoms with Gasteiger partial charge in [-0.15, -0.1) is 0 Å². The van der Waals surface area contributed by atoms with Crippen molar-refractivity contribution >= 4 is 11.6 Å². The van der Waals surface area contributed by atoms with Crippen molar-refractivity contribution in [1.29, 1.82) is 0 Å². The highest BCUT2D eigenvalue weighted by Crippen LogP contribution is 2.24. The first-order valence-corrected chi connectivity index (χ1v) is 9.04. The third kappa shape index (κ3) is 4.20. The molecule has 2 heterocycles. The highest BCUT2D eigenvalue weighted by molar-refractivity contribution is 5.80. The van der Waals surface area contributed by atoms with Crippen molar-refractivity contribution in [2.45, 2.75) is 44.2 Å². The minimum atomic E-state index is -0.161. The monoisotopic (exact) mass is 334 g/mol. The number of aromatic nitrogens is 2. The van der Waals surface area contributed by atoms with E-state index in [1.807, 2.05) is 25.0 Å². The van der Waals surface area contributed by atoms with E-state index in [1.165, 1.54) is 5.69 Å². The van der Waals surface area contributed by atoms with Crippen LogP contribution in [0, 0.1) is 5.92 Å². The van der Waals surface area contributed by atoms with E-state index in [1.54, 1.807) is 0 Å². The summed E-state index contributed by atoms with van der Waals surface area (Å²) >= 11 is 0. The summed E-state index contributed by atoms with van der Waals surface area (Å²) in [6, 6.07) is 0.374. The summed E-state index contributed by atoms with van der Waals surface area (Å²) in [5, 5.41) is 21.1. The smallest absolute Gasteiger partial charge is 0.191 e. The molecule has 0 aromatic carbocycles. The third-order valence-corrected chi connectivity index (χ3v) is 5.19. The Labute approximate surface area is 144 Å². The van der Waals surface area contributed by atoms with E-state index in [-0.39, 0.29) is 6.10 Å². The van der Waals surface area contributed by atoms with Crippen molar-refractivity contribution in [3.63, 3.8) is 0 Å². The Kier molecular flexibility index (Phi) is 5.60. The van der Waals surface area contributed by atoms with Gasteiger partial charge in [0.25, 0.3) is 0 Å². The second-order valence-corrected chi connectivity index (χ2v) is 7.01. The summed E-state index contributed by atoms with van der Waals surface area (Å²) < 4.78 is 1.85. The molecular weight excluding hydrogens is 304 g/mol. The average molecular weight is 334 g/mol. The van der Waals surface area contributed by atoms with E-state index in [9.17, 15) is 5.11 Å². The second-order valence-electron chi connectivity index (χ2n) is 7.01. The van der Waals surface area contributed by atoms with Crippen LogP contribution in [0.3, 0.4) is 0 Å². The van der Waals surface area contributed by atoms with Crippen LogP contribution in [0.25, 0.3) is 0 Å². The van der Waals surface area contributed by atoms with Crippen molar-refractivity contribution in [2.75, 3.05) is 31.6 Å². The van der Waals surface area contributed by atoms with Gasteiger partial charge in [-0.1, -0.05) is 6.42 Å². The number of nitrogens with one attached hydrogen (secondary N) is 2. The summed E-state index contributed by atoms with van der Waals surface area (Å²) in [7, 11) is 3.76. The number of guanidine groups is 1. The number of anilines is 1. The van der Waals surface area contributed by atoms with Gasteiger partial charge >= 0.3 is 0 Å². The number of aliphatic imine (C=N–C) groups is 1. The normalized spacial score (nSPS) is 28.2. The zero-order valence-corrected chi connectivity index (χ0v) is 14.8. The van der Waals surface area contributed by atoms with Crippen LogP contribution in [0.2, 0.25) is 0 Å². The molecule has 3 unspecified atom stereocenters. The van der Waals surface area contributed by atoms with Gasteiger partial charge in [-0.25, -0.2) is 0 Å². The van der Waals surface area contributed by atoms with Gasteiger partial charge in [-0.3, -0.25) is 9.67 Å². The molecule has 7 nitrogen and oxygen atoms in total. The standard InChI is InChI=1S/C17H30N6O/c1-18-17(19-9-13-5-3-7-16(13)24)21-14-6-4-8-23(11-14)15-10-20-22(2)12-15/h10,12-14,16,24H,3-9,11H2,1-2H3,(H2,18,19,21). The Morgan fingerprint density at radius 3 is 2.92 bits per heavy atom. The first kappa shape index (κ1) is 17.1. The van der Waals surface area contributed by atoms with Crippen LogP contribution in [0.4, 0.5) is 5.69 Å². The summed E-state index contributed by atoms with van der Waals surface area (Å²) in [4.78, 5) is 6.73. The van der Waals surface area contributed by atoms with Crippen LogP contribution in [-0.4, -0.2) is 59.7 Å². The maximum Gasteiger partial charge on any atom is 0.191 e. The molecule has 0 radical (unpaired) electrons. The molecule has 2 fully saturated rings. The van der Waals surface area contributed by atoms with E-state index in [2.05, 4.69) is 31.8 Å². The molecule has 3 rings (SSSR count). The summed E-state index contributed by atoms with van der Waals surface area (Å²) in [5.41, 5.74) is 1.18. The van der Waals surface area contributed by atoms with Gasteiger partial charge < -0.3 is 20.6 Å². The minimum Gasteiger partial charge on any atom is -0.393 e. The lowest BCUT2D eigenvalue weighted by molar-refractivity contribution is 0.134. The van der Waals surface area contributed by atoms with Crippen LogP contribution in [-0.2, 0) is 7.05 Å². The van der Waals surface area contributed by atoms with E-state index in [0.29, 0.717) is 12.0 Å². The predicted octanol–water partition coefficient (Wildman–Crippen LogP) is 0.715. The van der Waals surface area contributed by atoms with E-state index in [0.717, 1.165) is 57.7 Å². The molecule has 24 heavy (non-hydrogen) atoms. The number of aliphatic hydroxyl groups is 1. The number of aliphatic hydroxyl groups excluding tert-OH is 1. The molecule has 2 aliphatic rings. The maximum atomic E-state index is 9.94. The van der Waals surface area contributed by atoms with Crippen LogP contribution in [0.15, 0.2) is 17.4 Å². The molecule has 1 aromatic rings. The Bertz CT molecular complexity index is 557. The fourth-order valence-electron chi connectivity index (χ4n) is 3.77. The molecule has 3 N–H and O–H groups in total. The molecule has 1 aliphatic carbocycles. The zero-order valence-electron chi connectivity index (χ0n) is 14.8. The van der Waals surface area contributed by atoms with E-state index < -0.39 is 0 Å². The first-order chi connectivity index (χ1) is 11.7. The van der Waals surface area contributed by atoms with Crippen molar-refractivity contribution in [3.05, 3.63) is 12.4 Å². The largest absolute Gasteiger partial charge is 0.393 e. The number of piperidine rings is 1. The Hall–Kier alpha value is -1.76. The maximum absolute atomic E-state index is 9.94. The predicted molar refractivity (Wildman–Crippen MR) is 96.3 cm³/mol. The van der Waals surface area contributed by atoms with Crippen LogP contribution in [0.1, 0.15) is 32.1 Å². The third-order valence-electron chi connectivity index (χ3n) is 5.19. The fraction of sp³-hybridized carbons (Fsp3) is 0.765. The first-order valence-electron chi connectivity index (χ1n) is 9.04. The molecule has 3 atom stereocenters. The van der Waals surface area contributed by atoms with Crippen molar-refractivity contribution in [1.82, 2.24) is 20.4 Å². The fourth-order valence-corrected chi connectivity index (χ4v) is 3.77. The molecule has 1 aliphatic heterocycles. The summed E-state index contributed by atoms with van der Waals surface area (Å²) in [6.07, 6.45) is 9.29. The van der Waals surface area contributed by atoms with Crippen molar-refractivity contribution in [3.8, 4) is 0 Å². The minimum absolute atomic E-state index is 0.161. The van der Waals surface area contributed by atoms with Gasteiger partial charge in [0, 0.05) is 51.9 Å². The molecule has 134 valence electrons. The lowest BCUT2D eigenvalue weighted by Gasteiger charge is -2.34. The number of hydrogen-bond donors (Lipinski definition) is 3. The van der Waals surface area contributed by atoms with E-state index in [4.69, 9.17) is 0 Å². The summed E-state index contributed by atoms with van der Waals surface area (Å²) in [6.45, 7) is 2.82. The lowest BCUT2D eigenvalue weighted by atomic mass is 10.1. The van der Waals surface area contributed by atoms with Gasteiger partial charge in [0.15, 0.2) is 5.96 Å². The molecule has 0 amide bonds. The van der Waals surface area contributed by atoms with Crippen LogP contribution >= 0.6 is 0 Å². The molecule has 1 saturated carbocycles. The Balaban J connectivity index is 1.50. The zero-order chi connectivity index (χ0) is 16.9. The Morgan fingerprint density at radius 1 is 1.38 bits per heavy atom. The quantitative estimate of drug-likeness (QED) is 0.558. The van der Waals surface area contributed by atoms with Crippen molar-refractivity contribution < 1.29 is 5.11 Å². The van der Waals surface area contributed by atoms with E-state index >= 15 is 0 Å². The molecule has 0 spiro atoms. The second kappa shape index (κ2) is 7.88. The highest BCUT2D eigenvalue weighted by atomic mass is 16.3. The topological polar surface area (TPSA) is 77.7 Å². The molecule has 7 heteroatoms. The van der Waals surface area contributed by atoms with Gasteiger partial charge in [0.05, 0.1) is 18.0 Å². The highest BCUT2D eigenvalue weighted by Gasteiger charge is 2.26. The average Bonchev–Trinajstić information content (AvgIpc) is 3.20. The van der Waals surface area contributed by atoms with Crippen molar-refractivity contribution in [2.24, 2.45) is 18.0 Å². The van der Waals surface area contributed by atoms with Crippen LogP contribution < -0.4 is 15.5 Å². The number of aryl methyl sites for hydroxylation is 1. The SMILES string of the molecule is CN=C(NCC1CCCC1O)NC1CCCN(c2cnn(C)c2)C1.